The highest BCUT2D eigenvalue weighted by Crippen LogP contribution is 2.19. The normalized spacial score (nSPS) is 21.7. The Morgan fingerprint density at radius 2 is 2.35 bits per heavy atom. The molecule has 0 amide bonds. The molecule has 1 unspecified atom stereocenters. The van der Waals surface area contributed by atoms with E-state index in [1.807, 2.05) is 0 Å². The van der Waals surface area contributed by atoms with Crippen LogP contribution in [-0.4, -0.2) is 30.6 Å². The fraction of sp³-hybridized carbons (Fsp3) is 0.538. The average molecular weight is 257 g/mol. The summed E-state index contributed by atoms with van der Waals surface area (Å²) in [5.41, 5.74) is 1.00. The highest BCUT2D eigenvalue weighted by Gasteiger charge is 2.18. The lowest BCUT2D eigenvalue weighted by atomic mass is 10.1. The summed E-state index contributed by atoms with van der Waals surface area (Å²) in [5, 5.41) is 4.00. The van der Waals surface area contributed by atoms with Crippen molar-refractivity contribution in [1.82, 2.24) is 10.2 Å². The summed E-state index contributed by atoms with van der Waals surface area (Å²) in [6.45, 7) is 6.05. The van der Waals surface area contributed by atoms with E-state index in [-0.39, 0.29) is 5.82 Å². The van der Waals surface area contributed by atoms with Crippen molar-refractivity contribution in [3.8, 4) is 0 Å². The van der Waals surface area contributed by atoms with Crippen molar-refractivity contribution in [2.75, 3.05) is 19.6 Å². The molecule has 1 aromatic rings. The van der Waals surface area contributed by atoms with Crippen molar-refractivity contribution in [2.45, 2.75) is 25.9 Å². The second-order valence-electron chi connectivity index (χ2n) is 4.53. The largest absolute Gasteiger partial charge is 0.311 e. The van der Waals surface area contributed by atoms with Gasteiger partial charge < -0.3 is 5.32 Å². The molecule has 1 aromatic carbocycles. The van der Waals surface area contributed by atoms with Crippen molar-refractivity contribution in [3.05, 3.63) is 34.6 Å². The summed E-state index contributed by atoms with van der Waals surface area (Å²) in [7, 11) is 0. The van der Waals surface area contributed by atoms with Crippen LogP contribution in [-0.2, 0) is 6.54 Å². The van der Waals surface area contributed by atoms with E-state index < -0.39 is 0 Å². The summed E-state index contributed by atoms with van der Waals surface area (Å²) >= 11 is 6.04. The van der Waals surface area contributed by atoms with Crippen LogP contribution >= 0.6 is 11.6 Å². The van der Waals surface area contributed by atoms with E-state index in [0.29, 0.717) is 11.1 Å². The van der Waals surface area contributed by atoms with Gasteiger partial charge >= 0.3 is 0 Å². The van der Waals surface area contributed by atoms with Crippen LogP contribution < -0.4 is 5.32 Å². The van der Waals surface area contributed by atoms with Gasteiger partial charge in [-0.05, 0) is 24.1 Å². The molecular weight excluding hydrogens is 239 g/mol. The quantitative estimate of drug-likeness (QED) is 0.895. The third kappa shape index (κ3) is 3.41. The van der Waals surface area contributed by atoms with Crippen molar-refractivity contribution in [2.24, 2.45) is 0 Å². The van der Waals surface area contributed by atoms with Crippen LogP contribution in [0, 0.1) is 5.82 Å². The van der Waals surface area contributed by atoms with Crippen molar-refractivity contribution in [1.29, 1.82) is 0 Å². The number of hydrogen-bond donors (Lipinski definition) is 1. The Bertz CT molecular complexity index is 384. The molecule has 0 spiro atoms. The molecule has 1 atom stereocenters. The molecule has 1 aliphatic rings. The number of piperazine rings is 1. The summed E-state index contributed by atoms with van der Waals surface area (Å²) in [5.74, 6) is -0.273. The van der Waals surface area contributed by atoms with Gasteiger partial charge in [0.2, 0.25) is 0 Å². The number of nitrogens with zero attached hydrogens (tertiary/aromatic N) is 1. The zero-order chi connectivity index (χ0) is 12.3. The molecular formula is C13H18ClFN2. The van der Waals surface area contributed by atoms with Gasteiger partial charge in [-0.1, -0.05) is 24.6 Å². The minimum Gasteiger partial charge on any atom is -0.311 e. The Morgan fingerprint density at radius 3 is 3.06 bits per heavy atom. The molecule has 2 rings (SSSR count). The molecule has 1 heterocycles. The molecule has 94 valence electrons. The van der Waals surface area contributed by atoms with Crippen LogP contribution in [0.2, 0.25) is 5.02 Å². The molecule has 0 aliphatic carbocycles. The zero-order valence-electron chi connectivity index (χ0n) is 10.0. The Hall–Kier alpha value is -0.640. The van der Waals surface area contributed by atoms with Crippen molar-refractivity contribution < 1.29 is 4.39 Å². The molecule has 1 fully saturated rings. The fourth-order valence-corrected chi connectivity index (χ4v) is 2.43. The number of halogens is 2. The van der Waals surface area contributed by atoms with E-state index in [4.69, 9.17) is 11.6 Å². The minimum atomic E-state index is -0.273. The predicted octanol–water partition coefficient (Wildman–Crippen LogP) is 2.66. The summed E-state index contributed by atoms with van der Waals surface area (Å²) in [4.78, 5) is 2.36. The number of hydrogen-bond acceptors (Lipinski definition) is 2. The average Bonchev–Trinajstić information content (AvgIpc) is 2.33. The molecule has 1 aliphatic heterocycles. The standard InChI is InChI=1S/C13H18ClFN2/c1-2-12-9-17(6-5-16-12)8-10-3-4-11(15)7-13(10)14/h3-4,7,12,16H,2,5-6,8-9H2,1H3. The molecule has 0 radical (unpaired) electrons. The van der Waals surface area contributed by atoms with Crippen LogP contribution in [0.4, 0.5) is 4.39 Å². The monoisotopic (exact) mass is 256 g/mol. The van der Waals surface area contributed by atoms with Gasteiger partial charge in [-0.25, -0.2) is 4.39 Å². The van der Waals surface area contributed by atoms with E-state index in [9.17, 15) is 4.39 Å². The first-order chi connectivity index (χ1) is 8.19. The second-order valence-corrected chi connectivity index (χ2v) is 4.94. The lowest BCUT2D eigenvalue weighted by Crippen LogP contribution is -2.49. The van der Waals surface area contributed by atoms with E-state index in [0.717, 1.165) is 38.2 Å². The van der Waals surface area contributed by atoms with Gasteiger partial charge in [0, 0.05) is 37.2 Å². The predicted molar refractivity (Wildman–Crippen MR) is 68.8 cm³/mol. The van der Waals surface area contributed by atoms with E-state index in [1.54, 1.807) is 6.07 Å². The molecule has 1 saturated heterocycles. The Balaban J connectivity index is 2.00. The second kappa shape index (κ2) is 5.80. The molecule has 4 heteroatoms. The molecule has 0 aromatic heterocycles. The first kappa shape index (κ1) is 12.8. The summed E-state index contributed by atoms with van der Waals surface area (Å²) in [6, 6.07) is 5.19. The Labute approximate surface area is 107 Å². The van der Waals surface area contributed by atoms with Crippen LogP contribution in [0.15, 0.2) is 18.2 Å². The molecule has 17 heavy (non-hydrogen) atoms. The van der Waals surface area contributed by atoms with Gasteiger partial charge in [0.25, 0.3) is 0 Å². The minimum absolute atomic E-state index is 0.273. The SMILES string of the molecule is CCC1CN(Cc2ccc(F)cc2Cl)CCN1. The van der Waals surface area contributed by atoms with Gasteiger partial charge in [-0.15, -0.1) is 0 Å². The fourth-order valence-electron chi connectivity index (χ4n) is 2.20. The Morgan fingerprint density at radius 1 is 1.53 bits per heavy atom. The van der Waals surface area contributed by atoms with Crippen LogP contribution in [0.5, 0.6) is 0 Å². The van der Waals surface area contributed by atoms with Crippen LogP contribution in [0.3, 0.4) is 0 Å². The van der Waals surface area contributed by atoms with Crippen molar-refractivity contribution >= 4 is 11.6 Å². The summed E-state index contributed by atoms with van der Waals surface area (Å²) < 4.78 is 12.9. The van der Waals surface area contributed by atoms with Crippen molar-refractivity contribution in [3.63, 3.8) is 0 Å². The third-order valence-corrected chi connectivity index (χ3v) is 3.59. The number of nitrogens with one attached hydrogen (secondary N) is 1. The number of benzene rings is 1. The maximum absolute atomic E-state index is 12.9. The lowest BCUT2D eigenvalue weighted by Gasteiger charge is -2.33. The van der Waals surface area contributed by atoms with Crippen LogP contribution in [0.1, 0.15) is 18.9 Å². The third-order valence-electron chi connectivity index (χ3n) is 3.24. The van der Waals surface area contributed by atoms with Gasteiger partial charge in [0.15, 0.2) is 0 Å². The lowest BCUT2D eigenvalue weighted by molar-refractivity contribution is 0.190. The summed E-state index contributed by atoms with van der Waals surface area (Å²) in [6.07, 6.45) is 1.13. The van der Waals surface area contributed by atoms with E-state index >= 15 is 0 Å². The Kier molecular flexibility index (Phi) is 4.37. The van der Waals surface area contributed by atoms with Gasteiger partial charge in [0.05, 0.1) is 0 Å². The zero-order valence-corrected chi connectivity index (χ0v) is 10.8. The topological polar surface area (TPSA) is 15.3 Å². The highest BCUT2D eigenvalue weighted by atomic mass is 35.5. The first-order valence-electron chi connectivity index (χ1n) is 6.08. The smallest absolute Gasteiger partial charge is 0.124 e. The molecule has 1 N–H and O–H groups in total. The maximum atomic E-state index is 12.9. The molecule has 0 bridgehead atoms. The first-order valence-corrected chi connectivity index (χ1v) is 6.46. The van der Waals surface area contributed by atoms with E-state index in [1.165, 1.54) is 12.1 Å². The van der Waals surface area contributed by atoms with Gasteiger partial charge in [-0.2, -0.15) is 0 Å². The van der Waals surface area contributed by atoms with Gasteiger partial charge in [0.1, 0.15) is 5.82 Å². The van der Waals surface area contributed by atoms with E-state index in [2.05, 4.69) is 17.1 Å². The number of rotatable bonds is 3. The van der Waals surface area contributed by atoms with Gasteiger partial charge in [-0.3, -0.25) is 4.90 Å². The van der Waals surface area contributed by atoms with Crippen LogP contribution in [0.25, 0.3) is 0 Å². The molecule has 0 saturated carbocycles. The molecule has 2 nitrogen and oxygen atoms in total. The maximum Gasteiger partial charge on any atom is 0.124 e. The highest BCUT2D eigenvalue weighted by molar-refractivity contribution is 6.31.